The van der Waals surface area contributed by atoms with Crippen molar-refractivity contribution in [1.29, 1.82) is 0 Å². The molecule has 0 aromatic carbocycles. The maximum absolute atomic E-state index is 11.9. The summed E-state index contributed by atoms with van der Waals surface area (Å²) in [4.78, 5) is 32.2. The molecule has 7 nitrogen and oxygen atoms in total. The number of thiophene rings is 1. The molecule has 0 saturated heterocycles. The molecule has 0 radical (unpaired) electrons. The van der Waals surface area contributed by atoms with Crippen molar-refractivity contribution in [2.75, 3.05) is 20.0 Å². The predicted molar refractivity (Wildman–Crippen MR) is 83.0 cm³/mol. The van der Waals surface area contributed by atoms with Crippen LogP contribution in [0, 0.1) is 0 Å². The molecule has 0 aliphatic heterocycles. The molecule has 0 aliphatic carbocycles. The minimum absolute atomic E-state index is 0.191. The molecule has 0 amide bonds. The van der Waals surface area contributed by atoms with Crippen LogP contribution in [0.25, 0.3) is 0 Å². The van der Waals surface area contributed by atoms with Crippen molar-refractivity contribution >= 4 is 40.0 Å². The molecular weight excluding hydrogens is 326 g/mol. The lowest BCUT2D eigenvalue weighted by molar-refractivity contribution is 0.0601. The summed E-state index contributed by atoms with van der Waals surface area (Å²) >= 11 is 2.29. The Morgan fingerprint density at radius 1 is 1.23 bits per heavy atom. The van der Waals surface area contributed by atoms with E-state index in [1.54, 1.807) is 18.5 Å². The Bertz CT molecular complexity index is 688. The molecule has 0 unspecified atom stereocenters. The Morgan fingerprint density at radius 3 is 2.45 bits per heavy atom. The number of aromatic nitrogens is 2. The lowest BCUT2D eigenvalue weighted by Gasteiger charge is -2.05. The van der Waals surface area contributed by atoms with E-state index in [9.17, 15) is 9.59 Å². The molecule has 2 heterocycles. The van der Waals surface area contributed by atoms with Crippen LogP contribution in [0.1, 0.15) is 25.6 Å². The maximum atomic E-state index is 11.9. The average molecular weight is 339 g/mol. The third kappa shape index (κ3) is 3.37. The van der Waals surface area contributed by atoms with Crippen LogP contribution in [0.5, 0.6) is 0 Å². The third-order valence-electron chi connectivity index (χ3n) is 2.68. The van der Waals surface area contributed by atoms with Gasteiger partial charge in [0, 0.05) is 23.7 Å². The van der Waals surface area contributed by atoms with Crippen molar-refractivity contribution < 1.29 is 19.1 Å². The number of ether oxygens (including phenoxy) is 2. The second-order valence-corrected chi connectivity index (χ2v) is 5.95. The first-order valence-electron chi connectivity index (χ1n) is 6.06. The van der Waals surface area contributed by atoms with Crippen molar-refractivity contribution in [2.24, 2.45) is 0 Å². The van der Waals surface area contributed by atoms with Gasteiger partial charge in [-0.1, -0.05) is 11.8 Å². The number of carbonyl (C=O) groups is 2. The van der Waals surface area contributed by atoms with E-state index in [1.807, 2.05) is 0 Å². The summed E-state index contributed by atoms with van der Waals surface area (Å²) < 4.78 is 9.47. The topological polar surface area (TPSA) is 104 Å². The summed E-state index contributed by atoms with van der Waals surface area (Å²) in [6, 6.07) is 1.70. The number of rotatable bonds is 5. The predicted octanol–water partition coefficient (Wildman–Crippen LogP) is 1.99. The normalized spacial score (nSPS) is 10.3. The second kappa shape index (κ2) is 7.23. The second-order valence-electron chi connectivity index (χ2n) is 3.95. The minimum atomic E-state index is -0.589. The largest absolute Gasteiger partial charge is 0.465 e. The standard InChI is InChI=1S/C13H13N3O4S2/c1-19-11(17)8-7(6-21-13-15-4-3-5-16-13)9(12(18)20-2)22-10(8)14/h3-5H,6,14H2,1-2H3. The van der Waals surface area contributed by atoms with Crippen LogP contribution < -0.4 is 5.73 Å². The summed E-state index contributed by atoms with van der Waals surface area (Å²) in [5.74, 6) is -0.836. The van der Waals surface area contributed by atoms with E-state index >= 15 is 0 Å². The van der Waals surface area contributed by atoms with Crippen molar-refractivity contribution in [3.8, 4) is 0 Å². The van der Waals surface area contributed by atoms with E-state index < -0.39 is 11.9 Å². The van der Waals surface area contributed by atoms with Gasteiger partial charge in [-0.05, 0) is 6.07 Å². The first-order chi connectivity index (χ1) is 10.6. The Kier molecular flexibility index (Phi) is 5.34. The first kappa shape index (κ1) is 16.2. The zero-order valence-corrected chi connectivity index (χ0v) is 13.5. The van der Waals surface area contributed by atoms with Crippen LogP contribution in [0.4, 0.5) is 5.00 Å². The van der Waals surface area contributed by atoms with E-state index in [-0.39, 0.29) is 15.4 Å². The molecule has 22 heavy (non-hydrogen) atoms. The maximum Gasteiger partial charge on any atom is 0.348 e. The van der Waals surface area contributed by atoms with Gasteiger partial charge in [0.05, 0.1) is 19.8 Å². The third-order valence-corrected chi connectivity index (χ3v) is 4.63. The van der Waals surface area contributed by atoms with Crippen molar-refractivity contribution in [3.63, 3.8) is 0 Å². The molecule has 2 N–H and O–H groups in total. The highest BCUT2D eigenvalue weighted by Gasteiger charge is 2.27. The highest BCUT2D eigenvalue weighted by Crippen LogP contribution is 2.35. The SMILES string of the molecule is COC(=O)c1sc(N)c(C(=O)OC)c1CSc1ncccn1. The van der Waals surface area contributed by atoms with E-state index in [0.717, 1.165) is 11.3 Å². The highest BCUT2D eigenvalue weighted by atomic mass is 32.2. The molecule has 116 valence electrons. The lowest BCUT2D eigenvalue weighted by atomic mass is 10.1. The van der Waals surface area contributed by atoms with E-state index in [4.69, 9.17) is 15.2 Å². The summed E-state index contributed by atoms with van der Waals surface area (Å²) in [7, 11) is 2.53. The fourth-order valence-electron chi connectivity index (χ4n) is 1.70. The number of carbonyl (C=O) groups excluding carboxylic acids is 2. The summed E-state index contributed by atoms with van der Waals surface area (Å²) in [6.07, 6.45) is 3.22. The van der Waals surface area contributed by atoms with Gasteiger partial charge in [0.15, 0.2) is 5.16 Å². The van der Waals surface area contributed by atoms with E-state index in [0.29, 0.717) is 16.5 Å². The number of nitrogens with two attached hydrogens (primary N) is 1. The van der Waals surface area contributed by atoms with E-state index in [2.05, 4.69) is 9.97 Å². The Morgan fingerprint density at radius 2 is 1.86 bits per heavy atom. The fourth-order valence-corrected chi connectivity index (χ4v) is 3.62. The van der Waals surface area contributed by atoms with E-state index in [1.165, 1.54) is 26.0 Å². The smallest absolute Gasteiger partial charge is 0.348 e. The molecule has 0 atom stereocenters. The Balaban J connectivity index is 2.37. The Labute approximate surface area is 134 Å². The molecular formula is C13H13N3O4S2. The van der Waals surface area contributed by atoms with Crippen molar-refractivity contribution in [2.45, 2.75) is 10.9 Å². The van der Waals surface area contributed by atoms with Crippen molar-refractivity contribution in [1.82, 2.24) is 9.97 Å². The van der Waals surface area contributed by atoms with Crippen LogP contribution in [0.3, 0.4) is 0 Å². The van der Waals surface area contributed by atoms with Gasteiger partial charge < -0.3 is 15.2 Å². The number of hydrogen-bond donors (Lipinski definition) is 1. The minimum Gasteiger partial charge on any atom is -0.465 e. The molecule has 2 rings (SSSR count). The lowest BCUT2D eigenvalue weighted by Crippen LogP contribution is -2.08. The number of methoxy groups -OCH3 is 2. The van der Waals surface area contributed by atoms with Crippen LogP contribution >= 0.6 is 23.1 Å². The monoisotopic (exact) mass is 339 g/mol. The quantitative estimate of drug-likeness (QED) is 0.501. The number of anilines is 1. The van der Waals surface area contributed by atoms with Crippen LogP contribution in [0.2, 0.25) is 0 Å². The number of thioether (sulfide) groups is 1. The zero-order chi connectivity index (χ0) is 16.1. The summed E-state index contributed by atoms with van der Waals surface area (Å²) in [5, 5.41) is 0.746. The van der Waals surface area contributed by atoms with Gasteiger partial charge in [0.2, 0.25) is 0 Å². The summed E-state index contributed by atoms with van der Waals surface area (Å²) in [5.41, 5.74) is 6.51. The molecule has 0 spiro atoms. The van der Waals surface area contributed by atoms with Gasteiger partial charge in [-0.2, -0.15) is 0 Å². The Hall–Kier alpha value is -2.13. The van der Waals surface area contributed by atoms with Crippen LogP contribution in [-0.4, -0.2) is 36.1 Å². The van der Waals surface area contributed by atoms with Crippen LogP contribution in [0.15, 0.2) is 23.6 Å². The molecule has 0 saturated carbocycles. The number of nitrogen functional groups attached to an aromatic ring is 1. The zero-order valence-electron chi connectivity index (χ0n) is 11.9. The van der Waals surface area contributed by atoms with Gasteiger partial charge in [0.1, 0.15) is 9.88 Å². The highest BCUT2D eigenvalue weighted by molar-refractivity contribution is 7.98. The molecule has 0 aliphatic rings. The molecule has 2 aromatic rings. The van der Waals surface area contributed by atoms with Gasteiger partial charge >= 0.3 is 11.9 Å². The van der Waals surface area contributed by atoms with Gasteiger partial charge in [-0.25, -0.2) is 19.6 Å². The van der Waals surface area contributed by atoms with Gasteiger partial charge in [0.25, 0.3) is 0 Å². The van der Waals surface area contributed by atoms with Crippen LogP contribution in [-0.2, 0) is 15.2 Å². The molecule has 2 aromatic heterocycles. The summed E-state index contributed by atoms with van der Waals surface area (Å²) in [6.45, 7) is 0. The number of esters is 2. The van der Waals surface area contributed by atoms with Crippen molar-refractivity contribution in [3.05, 3.63) is 34.5 Å². The average Bonchev–Trinajstić information content (AvgIpc) is 2.88. The number of hydrogen-bond acceptors (Lipinski definition) is 9. The molecule has 0 fully saturated rings. The van der Waals surface area contributed by atoms with Gasteiger partial charge in [-0.3, -0.25) is 0 Å². The number of nitrogens with zero attached hydrogens (tertiary/aromatic N) is 2. The fraction of sp³-hybridized carbons (Fsp3) is 0.231. The first-order valence-corrected chi connectivity index (χ1v) is 7.86. The molecule has 9 heteroatoms. The molecule has 0 bridgehead atoms. The van der Waals surface area contributed by atoms with Gasteiger partial charge in [-0.15, -0.1) is 11.3 Å².